The molecule has 0 spiro atoms. The van der Waals surface area contributed by atoms with Gasteiger partial charge in [0.05, 0.1) is 4.90 Å². The average molecular weight is 296 g/mol. The number of amides is 1. The molecule has 0 bridgehead atoms. The topological polar surface area (TPSA) is 98.5 Å². The molecular weight excluding hydrogens is 280 g/mol. The van der Waals surface area contributed by atoms with Crippen molar-refractivity contribution in [2.75, 3.05) is 0 Å². The Morgan fingerprint density at radius 3 is 2.75 bits per heavy atom. The van der Waals surface area contributed by atoms with Gasteiger partial charge in [-0.15, -0.1) is 0 Å². The fraction of sp³-hybridized carbons (Fsp3) is 0.462. The van der Waals surface area contributed by atoms with Crippen LogP contribution in [0.5, 0.6) is 5.75 Å². The van der Waals surface area contributed by atoms with E-state index in [0.29, 0.717) is 17.7 Å². The van der Waals surface area contributed by atoms with Crippen molar-refractivity contribution in [1.29, 1.82) is 0 Å². The molecule has 1 amide bonds. The van der Waals surface area contributed by atoms with Crippen molar-refractivity contribution in [2.45, 2.75) is 42.7 Å². The molecule has 20 heavy (non-hydrogen) atoms. The van der Waals surface area contributed by atoms with E-state index in [-0.39, 0.29) is 16.3 Å². The highest BCUT2D eigenvalue weighted by molar-refractivity contribution is 7.89. The summed E-state index contributed by atoms with van der Waals surface area (Å²) in [6.07, 6.45) is 1.72. The first-order chi connectivity index (χ1) is 9.27. The third-order valence-electron chi connectivity index (χ3n) is 3.75. The molecule has 1 fully saturated rings. The largest absolute Gasteiger partial charge is 0.480 e. The van der Waals surface area contributed by atoms with Crippen LogP contribution in [0.15, 0.2) is 23.1 Å². The van der Waals surface area contributed by atoms with Gasteiger partial charge < -0.3 is 10.1 Å². The Kier molecular flexibility index (Phi) is 2.81. The second-order valence-electron chi connectivity index (χ2n) is 5.68. The summed E-state index contributed by atoms with van der Waals surface area (Å²) < 4.78 is 28.2. The van der Waals surface area contributed by atoms with Crippen molar-refractivity contribution in [3.63, 3.8) is 0 Å². The van der Waals surface area contributed by atoms with Crippen molar-refractivity contribution < 1.29 is 17.9 Å². The van der Waals surface area contributed by atoms with E-state index < -0.39 is 16.1 Å². The lowest BCUT2D eigenvalue weighted by molar-refractivity contribution is -0.128. The molecule has 3 rings (SSSR count). The summed E-state index contributed by atoms with van der Waals surface area (Å²) in [6, 6.07) is 4.40. The van der Waals surface area contributed by atoms with Crippen molar-refractivity contribution >= 4 is 15.9 Å². The van der Waals surface area contributed by atoms with Crippen LogP contribution in [0.3, 0.4) is 0 Å². The number of ether oxygens (including phenoxy) is 1. The van der Waals surface area contributed by atoms with Crippen molar-refractivity contribution in [2.24, 2.45) is 5.14 Å². The van der Waals surface area contributed by atoms with E-state index in [0.717, 1.165) is 12.8 Å². The number of primary sulfonamides is 1. The van der Waals surface area contributed by atoms with Crippen LogP contribution in [0.25, 0.3) is 0 Å². The maximum absolute atomic E-state index is 12.1. The van der Waals surface area contributed by atoms with Crippen LogP contribution in [0, 0.1) is 0 Å². The molecule has 7 heteroatoms. The predicted molar refractivity (Wildman–Crippen MR) is 71.7 cm³/mol. The zero-order valence-electron chi connectivity index (χ0n) is 11.0. The Bertz CT molecular complexity index is 680. The molecule has 1 aromatic rings. The molecule has 1 aromatic carbocycles. The van der Waals surface area contributed by atoms with Gasteiger partial charge in [0.2, 0.25) is 10.0 Å². The molecule has 2 aliphatic rings. The van der Waals surface area contributed by atoms with Crippen molar-refractivity contribution in [3.05, 3.63) is 23.8 Å². The Morgan fingerprint density at radius 2 is 2.15 bits per heavy atom. The van der Waals surface area contributed by atoms with Gasteiger partial charge in [0.25, 0.3) is 5.91 Å². The second kappa shape index (κ2) is 4.20. The highest BCUT2D eigenvalue weighted by Crippen LogP contribution is 2.36. The lowest BCUT2D eigenvalue weighted by atomic mass is 10.1. The lowest BCUT2D eigenvalue weighted by Crippen LogP contribution is -2.43. The van der Waals surface area contributed by atoms with Gasteiger partial charge in [-0.05, 0) is 43.5 Å². The summed E-state index contributed by atoms with van der Waals surface area (Å²) >= 11 is 0. The molecule has 1 unspecified atom stereocenters. The molecule has 6 nitrogen and oxygen atoms in total. The number of benzene rings is 1. The molecule has 3 N–H and O–H groups in total. The number of nitrogens with one attached hydrogen (secondary N) is 1. The van der Waals surface area contributed by atoms with Crippen molar-refractivity contribution in [3.8, 4) is 5.75 Å². The zero-order valence-corrected chi connectivity index (χ0v) is 11.9. The number of carbonyl (C=O) groups is 1. The molecule has 1 atom stereocenters. The Morgan fingerprint density at radius 1 is 1.45 bits per heavy atom. The van der Waals surface area contributed by atoms with Crippen LogP contribution in [-0.4, -0.2) is 26.0 Å². The minimum absolute atomic E-state index is 0.0371. The lowest BCUT2D eigenvalue weighted by Gasteiger charge is -2.15. The number of nitrogens with two attached hydrogens (primary N) is 1. The molecule has 1 aliphatic heterocycles. The second-order valence-corrected chi connectivity index (χ2v) is 7.24. The maximum atomic E-state index is 12.1. The number of fused-ring (bicyclic) bond motifs is 1. The van der Waals surface area contributed by atoms with E-state index >= 15 is 0 Å². The van der Waals surface area contributed by atoms with E-state index in [1.807, 2.05) is 6.92 Å². The summed E-state index contributed by atoms with van der Waals surface area (Å²) in [5, 5.41) is 8.03. The van der Waals surface area contributed by atoms with E-state index in [9.17, 15) is 13.2 Å². The van der Waals surface area contributed by atoms with Crippen molar-refractivity contribution in [1.82, 2.24) is 5.32 Å². The monoisotopic (exact) mass is 296 g/mol. The van der Waals surface area contributed by atoms with Gasteiger partial charge in [-0.25, -0.2) is 13.6 Å². The average Bonchev–Trinajstić information content (AvgIpc) is 2.92. The van der Waals surface area contributed by atoms with Crippen LogP contribution in [0.2, 0.25) is 0 Å². The molecule has 1 heterocycles. The molecule has 0 radical (unpaired) electrons. The standard InChI is InChI=1S/C13H16N2O4S/c1-13(4-5-13)15-12(16)11-7-8-6-9(20(14,17)18)2-3-10(8)19-11/h2-3,6,11H,4-5,7H2,1H3,(H,15,16)(H2,14,17,18). The fourth-order valence-electron chi connectivity index (χ4n) is 2.24. The van der Waals surface area contributed by atoms with Gasteiger partial charge >= 0.3 is 0 Å². The number of sulfonamides is 1. The minimum atomic E-state index is -3.74. The van der Waals surface area contributed by atoms with E-state index in [4.69, 9.17) is 9.88 Å². The smallest absolute Gasteiger partial charge is 0.261 e. The minimum Gasteiger partial charge on any atom is -0.480 e. The van der Waals surface area contributed by atoms with Gasteiger partial charge in [0.15, 0.2) is 6.10 Å². The highest BCUT2D eigenvalue weighted by Gasteiger charge is 2.41. The molecular formula is C13H16N2O4S. The Labute approximate surface area is 117 Å². The SMILES string of the molecule is CC1(NC(=O)C2Cc3cc(S(N)(=O)=O)ccc3O2)CC1. The Balaban J connectivity index is 1.77. The van der Waals surface area contributed by atoms with Crippen LogP contribution in [0.4, 0.5) is 0 Å². The first-order valence-electron chi connectivity index (χ1n) is 6.41. The predicted octanol–water partition coefficient (Wildman–Crippen LogP) is 0.306. The van der Waals surface area contributed by atoms with Gasteiger partial charge in [0.1, 0.15) is 5.75 Å². The molecule has 108 valence electrons. The summed E-state index contributed by atoms with van der Waals surface area (Å²) in [6.45, 7) is 1.99. The first kappa shape index (κ1) is 13.4. The molecule has 0 saturated heterocycles. The summed E-state index contributed by atoms with van der Waals surface area (Å²) in [7, 11) is -3.74. The number of carbonyl (C=O) groups excluding carboxylic acids is 1. The fourth-order valence-corrected chi connectivity index (χ4v) is 2.80. The third-order valence-corrected chi connectivity index (χ3v) is 4.66. The zero-order chi connectivity index (χ0) is 14.5. The van der Waals surface area contributed by atoms with Crippen LogP contribution >= 0.6 is 0 Å². The Hall–Kier alpha value is -1.60. The van der Waals surface area contributed by atoms with E-state index in [1.165, 1.54) is 12.1 Å². The number of hydrogen-bond acceptors (Lipinski definition) is 4. The molecule has 0 aromatic heterocycles. The maximum Gasteiger partial charge on any atom is 0.261 e. The normalized spacial score (nSPS) is 22.8. The van der Waals surface area contributed by atoms with Gasteiger partial charge in [-0.1, -0.05) is 0 Å². The van der Waals surface area contributed by atoms with Crippen LogP contribution < -0.4 is 15.2 Å². The van der Waals surface area contributed by atoms with Gasteiger partial charge in [-0.2, -0.15) is 0 Å². The highest BCUT2D eigenvalue weighted by atomic mass is 32.2. The van der Waals surface area contributed by atoms with Gasteiger partial charge in [0, 0.05) is 12.0 Å². The third kappa shape index (κ3) is 2.51. The van der Waals surface area contributed by atoms with E-state index in [2.05, 4.69) is 5.32 Å². The molecule has 1 aliphatic carbocycles. The first-order valence-corrected chi connectivity index (χ1v) is 7.96. The van der Waals surface area contributed by atoms with Gasteiger partial charge in [-0.3, -0.25) is 4.79 Å². The number of rotatable bonds is 3. The summed E-state index contributed by atoms with van der Waals surface area (Å²) in [5.74, 6) is 0.386. The van der Waals surface area contributed by atoms with E-state index in [1.54, 1.807) is 6.07 Å². The summed E-state index contributed by atoms with van der Waals surface area (Å²) in [5.41, 5.74) is 0.596. The number of hydrogen-bond donors (Lipinski definition) is 2. The van der Waals surface area contributed by atoms with Crippen LogP contribution in [0.1, 0.15) is 25.3 Å². The van der Waals surface area contributed by atoms with Crippen LogP contribution in [-0.2, 0) is 21.2 Å². The molecule has 1 saturated carbocycles. The quantitative estimate of drug-likeness (QED) is 0.838. The summed E-state index contributed by atoms with van der Waals surface area (Å²) in [4.78, 5) is 12.1.